The Balaban J connectivity index is 2.12. The standard InChI is InChI=1S/C8H9N5O3/c9-7(14)12-5-2-11-3-6(4(5)1-10-12)13(16)8(11)15/h1,6,16H,2-3H2,(H2,9,14). The predicted octanol–water partition coefficient (Wildman–Crippen LogP) is -0.509. The van der Waals surface area contributed by atoms with E-state index in [2.05, 4.69) is 5.10 Å². The Hall–Kier alpha value is -2.09. The van der Waals surface area contributed by atoms with Crippen molar-refractivity contribution in [2.24, 2.45) is 5.73 Å². The Kier molecular flexibility index (Phi) is 1.56. The fourth-order valence-corrected chi connectivity index (χ4v) is 2.20. The number of hydroxylamine groups is 2. The average molecular weight is 223 g/mol. The molecule has 0 aromatic carbocycles. The molecular formula is C8H9N5O3. The van der Waals surface area contributed by atoms with Gasteiger partial charge in [-0.2, -0.15) is 14.8 Å². The molecule has 0 aliphatic carbocycles. The average Bonchev–Trinajstić information content (AvgIpc) is 2.76. The topological polar surface area (TPSA) is 105 Å². The van der Waals surface area contributed by atoms with Gasteiger partial charge < -0.3 is 10.6 Å². The van der Waals surface area contributed by atoms with E-state index in [0.29, 0.717) is 22.9 Å². The van der Waals surface area contributed by atoms with E-state index in [-0.39, 0.29) is 6.54 Å². The van der Waals surface area contributed by atoms with Gasteiger partial charge in [-0.25, -0.2) is 9.59 Å². The maximum Gasteiger partial charge on any atom is 0.344 e. The Bertz CT molecular complexity index is 496. The molecular weight excluding hydrogens is 214 g/mol. The molecule has 0 radical (unpaired) electrons. The molecule has 84 valence electrons. The molecule has 0 saturated carbocycles. The van der Waals surface area contributed by atoms with E-state index in [1.165, 1.54) is 11.1 Å². The Morgan fingerprint density at radius 2 is 2.38 bits per heavy atom. The monoisotopic (exact) mass is 223 g/mol. The number of primary amides is 1. The van der Waals surface area contributed by atoms with Crippen LogP contribution in [0.4, 0.5) is 9.59 Å². The van der Waals surface area contributed by atoms with Gasteiger partial charge >= 0.3 is 12.1 Å². The minimum Gasteiger partial charge on any atom is -0.350 e. The lowest BCUT2D eigenvalue weighted by Crippen LogP contribution is -2.32. The number of nitrogens with two attached hydrogens (primary N) is 1. The second kappa shape index (κ2) is 2.73. The lowest BCUT2D eigenvalue weighted by molar-refractivity contribution is -0.0586. The highest BCUT2D eigenvalue weighted by molar-refractivity contribution is 5.79. The molecule has 3 heterocycles. The second-order valence-electron chi connectivity index (χ2n) is 3.82. The molecule has 8 nitrogen and oxygen atoms in total. The molecule has 1 unspecified atom stereocenters. The minimum atomic E-state index is -0.694. The van der Waals surface area contributed by atoms with Gasteiger partial charge in [0.05, 0.1) is 25.0 Å². The number of aromatic nitrogens is 2. The van der Waals surface area contributed by atoms with Crippen LogP contribution in [0.3, 0.4) is 0 Å². The van der Waals surface area contributed by atoms with Crippen LogP contribution in [0.15, 0.2) is 6.20 Å². The molecule has 1 fully saturated rings. The lowest BCUT2D eigenvalue weighted by Gasteiger charge is -2.20. The number of nitrogens with zero attached hydrogens (tertiary/aromatic N) is 4. The summed E-state index contributed by atoms with van der Waals surface area (Å²) in [4.78, 5) is 24.0. The zero-order valence-electron chi connectivity index (χ0n) is 8.20. The molecule has 3 amide bonds. The van der Waals surface area contributed by atoms with Crippen LogP contribution in [0, 0.1) is 0 Å². The van der Waals surface area contributed by atoms with Crippen molar-refractivity contribution < 1.29 is 14.8 Å². The van der Waals surface area contributed by atoms with Crippen LogP contribution in [0.5, 0.6) is 0 Å². The van der Waals surface area contributed by atoms with Crippen molar-refractivity contribution in [2.75, 3.05) is 6.54 Å². The molecule has 8 heteroatoms. The Morgan fingerprint density at radius 1 is 1.62 bits per heavy atom. The third-order valence-corrected chi connectivity index (χ3v) is 2.96. The lowest BCUT2D eigenvalue weighted by atomic mass is 10.1. The van der Waals surface area contributed by atoms with E-state index in [1.54, 1.807) is 0 Å². The minimum absolute atomic E-state index is 0.241. The van der Waals surface area contributed by atoms with Crippen molar-refractivity contribution in [3.05, 3.63) is 17.5 Å². The summed E-state index contributed by atoms with van der Waals surface area (Å²) < 4.78 is 1.06. The summed E-state index contributed by atoms with van der Waals surface area (Å²) >= 11 is 0. The molecule has 1 saturated heterocycles. The first kappa shape index (κ1) is 9.16. The third-order valence-electron chi connectivity index (χ3n) is 2.96. The number of fused-ring (bicyclic) bond motifs is 4. The number of hydrogen-bond donors (Lipinski definition) is 2. The Labute approximate surface area is 89.8 Å². The van der Waals surface area contributed by atoms with Crippen molar-refractivity contribution in [3.63, 3.8) is 0 Å². The van der Waals surface area contributed by atoms with Gasteiger partial charge in [0, 0.05) is 5.56 Å². The predicted molar refractivity (Wildman–Crippen MR) is 49.4 cm³/mol. The molecule has 2 aliphatic heterocycles. The van der Waals surface area contributed by atoms with Gasteiger partial charge in [0.1, 0.15) is 6.04 Å². The van der Waals surface area contributed by atoms with Crippen LogP contribution in [-0.4, -0.2) is 43.6 Å². The molecule has 2 bridgehead atoms. The summed E-state index contributed by atoms with van der Waals surface area (Å²) in [7, 11) is 0. The van der Waals surface area contributed by atoms with E-state index < -0.39 is 18.1 Å². The van der Waals surface area contributed by atoms with E-state index in [4.69, 9.17) is 5.73 Å². The van der Waals surface area contributed by atoms with Crippen LogP contribution in [-0.2, 0) is 6.54 Å². The molecule has 3 rings (SSSR count). The SMILES string of the molecule is NC(=O)n1ncc2c1CN1CC2N(O)C1=O. The quantitative estimate of drug-likeness (QED) is 0.578. The number of carbonyl (C=O) groups excluding carboxylic acids is 2. The summed E-state index contributed by atoms with van der Waals surface area (Å²) in [5.41, 5.74) is 6.38. The van der Waals surface area contributed by atoms with E-state index in [9.17, 15) is 14.8 Å². The molecule has 0 spiro atoms. The van der Waals surface area contributed by atoms with Crippen LogP contribution < -0.4 is 5.73 Å². The molecule has 3 N–H and O–H groups in total. The van der Waals surface area contributed by atoms with E-state index in [1.807, 2.05) is 0 Å². The highest BCUT2D eigenvalue weighted by Gasteiger charge is 2.44. The molecule has 2 aliphatic rings. The summed E-state index contributed by atoms with van der Waals surface area (Å²) in [5, 5.41) is 14.1. The highest BCUT2D eigenvalue weighted by Crippen LogP contribution is 2.35. The zero-order chi connectivity index (χ0) is 11.4. The van der Waals surface area contributed by atoms with Gasteiger partial charge in [0.25, 0.3) is 0 Å². The normalized spacial score (nSPS) is 22.6. The molecule has 1 atom stereocenters. The van der Waals surface area contributed by atoms with Crippen molar-refractivity contribution in [2.45, 2.75) is 12.6 Å². The van der Waals surface area contributed by atoms with Gasteiger partial charge in [-0.15, -0.1) is 0 Å². The number of hydrogen-bond acceptors (Lipinski definition) is 4. The number of rotatable bonds is 0. The molecule has 1 aromatic heterocycles. The molecule has 16 heavy (non-hydrogen) atoms. The van der Waals surface area contributed by atoms with Gasteiger partial charge in [0.15, 0.2) is 0 Å². The van der Waals surface area contributed by atoms with Crippen molar-refractivity contribution >= 4 is 12.1 Å². The smallest absolute Gasteiger partial charge is 0.344 e. The van der Waals surface area contributed by atoms with Gasteiger partial charge in [-0.05, 0) is 0 Å². The second-order valence-corrected chi connectivity index (χ2v) is 3.82. The van der Waals surface area contributed by atoms with Gasteiger partial charge in [0.2, 0.25) is 0 Å². The summed E-state index contributed by atoms with van der Waals surface area (Å²) in [5.74, 6) is 0. The van der Waals surface area contributed by atoms with Gasteiger partial charge in [-0.3, -0.25) is 5.21 Å². The maximum atomic E-state index is 11.5. The first-order valence-corrected chi connectivity index (χ1v) is 4.73. The van der Waals surface area contributed by atoms with Crippen LogP contribution in [0.1, 0.15) is 17.3 Å². The first-order chi connectivity index (χ1) is 7.59. The van der Waals surface area contributed by atoms with Crippen molar-refractivity contribution in [3.8, 4) is 0 Å². The number of amides is 3. The highest BCUT2D eigenvalue weighted by atomic mass is 16.5. The van der Waals surface area contributed by atoms with Crippen LogP contribution >= 0.6 is 0 Å². The fourth-order valence-electron chi connectivity index (χ4n) is 2.20. The van der Waals surface area contributed by atoms with Crippen molar-refractivity contribution in [1.29, 1.82) is 0 Å². The van der Waals surface area contributed by atoms with E-state index in [0.717, 1.165) is 4.68 Å². The number of carbonyl (C=O) groups is 2. The molecule has 1 aromatic rings. The third kappa shape index (κ3) is 0.936. The summed E-state index contributed by atoms with van der Waals surface area (Å²) in [6, 6.07) is -1.61. The van der Waals surface area contributed by atoms with Crippen molar-refractivity contribution in [1.82, 2.24) is 19.7 Å². The largest absolute Gasteiger partial charge is 0.350 e. The number of urea groups is 1. The maximum absolute atomic E-state index is 11.5. The Morgan fingerprint density at radius 3 is 3.06 bits per heavy atom. The zero-order valence-corrected chi connectivity index (χ0v) is 8.20. The fraction of sp³-hybridized carbons (Fsp3) is 0.375. The summed E-state index contributed by atoms with van der Waals surface area (Å²) in [6.45, 7) is 0.650. The van der Waals surface area contributed by atoms with Crippen LogP contribution in [0.25, 0.3) is 0 Å². The first-order valence-electron chi connectivity index (χ1n) is 4.73. The van der Waals surface area contributed by atoms with Gasteiger partial charge in [-0.1, -0.05) is 0 Å². The van der Waals surface area contributed by atoms with E-state index >= 15 is 0 Å². The summed E-state index contributed by atoms with van der Waals surface area (Å²) in [6.07, 6.45) is 1.46. The van der Waals surface area contributed by atoms with Crippen LogP contribution in [0.2, 0.25) is 0 Å².